The molecule has 0 saturated carbocycles. The van der Waals surface area contributed by atoms with Crippen LogP contribution in [-0.2, 0) is 9.53 Å². The van der Waals surface area contributed by atoms with Crippen molar-refractivity contribution in [3.05, 3.63) is 35.5 Å². The van der Waals surface area contributed by atoms with Gasteiger partial charge in [0.05, 0.1) is 5.92 Å². The first-order valence-electron chi connectivity index (χ1n) is 8.59. The van der Waals surface area contributed by atoms with E-state index in [0.29, 0.717) is 12.5 Å². The van der Waals surface area contributed by atoms with Crippen LogP contribution in [0.25, 0.3) is 0 Å². The fourth-order valence-corrected chi connectivity index (χ4v) is 2.57. The standard InChI is InChI=1S/C20H32O2/c1-6-17(4)20(21)22-14-18(5)19-12-10-15(2)8-7-9-16(3)11-13-19/h8,11,17,19H,5-7,9-10,12-14H2,1-4H3. The van der Waals surface area contributed by atoms with Crippen molar-refractivity contribution < 1.29 is 9.53 Å². The lowest BCUT2D eigenvalue weighted by atomic mass is 9.88. The molecule has 0 aliphatic heterocycles. The molecule has 0 aromatic carbocycles. The minimum absolute atomic E-state index is 0.0239. The van der Waals surface area contributed by atoms with Gasteiger partial charge in [-0.3, -0.25) is 4.79 Å². The molecule has 2 atom stereocenters. The van der Waals surface area contributed by atoms with Crippen molar-refractivity contribution in [2.24, 2.45) is 11.8 Å². The molecule has 0 bridgehead atoms. The van der Waals surface area contributed by atoms with Gasteiger partial charge in [0.2, 0.25) is 0 Å². The summed E-state index contributed by atoms with van der Waals surface area (Å²) < 4.78 is 5.42. The Morgan fingerprint density at radius 3 is 2.68 bits per heavy atom. The number of carbonyl (C=O) groups is 1. The molecule has 0 spiro atoms. The van der Waals surface area contributed by atoms with Crippen molar-refractivity contribution in [3.63, 3.8) is 0 Å². The SMILES string of the molecule is C=C(COC(=O)C(C)CC)C1CC=C(C)CCC=C(C)CC1. The molecule has 2 unspecified atom stereocenters. The summed E-state index contributed by atoms with van der Waals surface area (Å²) in [5, 5.41) is 0. The Balaban J connectivity index is 2.60. The normalized spacial score (nSPS) is 21.4. The molecule has 2 nitrogen and oxygen atoms in total. The molecule has 1 rings (SSSR count). The van der Waals surface area contributed by atoms with E-state index in [9.17, 15) is 4.79 Å². The van der Waals surface area contributed by atoms with Crippen molar-refractivity contribution in [2.75, 3.05) is 6.61 Å². The van der Waals surface area contributed by atoms with E-state index in [1.54, 1.807) is 0 Å². The molecule has 124 valence electrons. The van der Waals surface area contributed by atoms with Crippen molar-refractivity contribution in [1.29, 1.82) is 0 Å². The maximum absolute atomic E-state index is 11.8. The molecule has 0 heterocycles. The molecule has 1 aliphatic rings. The van der Waals surface area contributed by atoms with Gasteiger partial charge in [-0.2, -0.15) is 0 Å². The first-order chi connectivity index (χ1) is 10.4. The highest BCUT2D eigenvalue weighted by atomic mass is 16.5. The summed E-state index contributed by atoms with van der Waals surface area (Å²) in [4.78, 5) is 11.8. The Morgan fingerprint density at radius 2 is 2.00 bits per heavy atom. The van der Waals surface area contributed by atoms with E-state index in [0.717, 1.165) is 44.1 Å². The van der Waals surface area contributed by atoms with Gasteiger partial charge >= 0.3 is 5.97 Å². The van der Waals surface area contributed by atoms with Gasteiger partial charge in [0.1, 0.15) is 6.61 Å². The summed E-state index contributed by atoms with van der Waals surface area (Å²) in [5.74, 6) is 0.275. The second-order valence-corrected chi connectivity index (χ2v) is 6.69. The third-order valence-electron chi connectivity index (χ3n) is 4.66. The van der Waals surface area contributed by atoms with E-state index in [-0.39, 0.29) is 11.9 Å². The maximum Gasteiger partial charge on any atom is 0.308 e. The second-order valence-electron chi connectivity index (χ2n) is 6.69. The summed E-state index contributed by atoms with van der Waals surface area (Å²) in [5.41, 5.74) is 3.96. The Labute approximate surface area is 136 Å². The van der Waals surface area contributed by atoms with E-state index in [2.05, 4.69) is 32.6 Å². The van der Waals surface area contributed by atoms with Gasteiger partial charge in [0.25, 0.3) is 0 Å². The fraction of sp³-hybridized carbons (Fsp3) is 0.650. The summed E-state index contributed by atoms with van der Waals surface area (Å²) >= 11 is 0. The molecule has 0 fully saturated rings. The van der Waals surface area contributed by atoms with E-state index >= 15 is 0 Å². The van der Waals surface area contributed by atoms with Gasteiger partial charge in [0.15, 0.2) is 0 Å². The van der Waals surface area contributed by atoms with Crippen LogP contribution in [0.4, 0.5) is 0 Å². The largest absolute Gasteiger partial charge is 0.461 e. The lowest BCUT2D eigenvalue weighted by molar-refractivity contribution is -0.147. The molecular weight excluding hydrogens is 272 g/mol. The third kappa shape index (κ3) is 6.64. The van der Waals surface area contributed by atoms with Crippen molar-refractivity contribution >= 4 is 5.97 Å². The monoisotopic (exact) mass is 304 g/mol. The zero-order chi connectivity index (χ0) is 16.5. The number of carbonyl (C=O) groups excluding carboxylic acids is 1. The van der Waals surface area contributed by atoms with Gasteiger partial charge in [-0.05, 0) is 63.9 Å². The van der Waals surface area contributed by atoms with E-state index in [1.165, 1.54) is 11.1 Å². The number of esters is 1. The molecule has 22 heavy (non-hydrogen) atoms. The third-order valence-corrected chi connectivity index (χ3v) is 4.66. The average Bonchev–Trinajstić information content (AvgIpc) is 2.51. The van der Waals surface area contributed by atoms with Crippen LogP contribution in [0, 0.1) is 11.8 Å². The van der Waals surface area contributed by atoms with Gasteiger partial charge < -0.3 is 4.74 Å². The maximum atomic E-state index is 11.8. The zero-order valence-corrected chi connectivity index (χ0v) is 14.8. The molecule has 0 amide bonds. The zero-order valence-electron chi connectivity index (χ0n) is 14.8. The van der Waals surface area contributed by atoms with Crippen LogP contribution in [0.5, 0.6) is 0 Å². The molecule has 0 radical (unpaired) electrons. The van der Waals surface area contributed by atoms with E-state index in [1.807, 2.05) is 13.8 Å². The number of hydrogen-bond acceptors (Lipinski definition) is 2. The highest BCUT2D eigenvalue weighted by Crippen LogP contribution is 2.26. The molecule has 0 N–H and O–H groups in total. The van der Waals surface area contributed by atoms with Gasteiger partial charge in [0, 0.05) is 0 Å². The van der Waals surface area contributed by atoms with Gasteiger partial charge in [-0.1, -0.05) is 43.7 Å². The lowest BCUT2D eigenvalue weighted by Crippen LogP contribution is -2.18. The van der Waals surface area contributed by atoms with Gasteiger partial charge in [-0.15, -0.1) is 0 Å². The van der Waals surface area contributed by atoms with Crippen LogP contribution >= 0.6 is 0 Å². The Hall–Kier alpha value is -1.31. The molecule has 0 aromatic heterocycles. The quantitative estimate of drug-likeness (QED) is 0.488. The first-order valence-corrected chi connectivity index (χ1v) is 8.59. The summed E-state index contributed by atoms with van der Waals surface area (Å²) in [7, 11) is 0. The Kier molecular flexibility index (Phi) is 8.22. The Morgan fingerprint density at radius 1 is 1.32 bits per heavy atom. The van der Waals surface area contributed by atoms with Crippen LogP contribution in [0.3, 0.4) is 0 Å². The number of hydrogen-bond donors (Lipinski definition) is 0. The highest BCUT2D eigenvalue weighted by Gasteiger charge is 2.17. The van der Waals surface area contributed by atoms with Crippen molar-refractivity contribution in [1.82, 2.24) is 0 Å². The second kappa shape index (κ2) is 9.66. The van der Waals surface area contributed by atoms with Crippen molar-refractivity contribution in [3.8, 4) is 0 Å². The summed E-state index contributed by atoms with van der Waals surface area (Å²) in [6.07, 6.45) is 11.0. The molecule has 0 saturated heterocycles. The van der Waals surface area contributed by atoms with Crippen LogP contribution in [0.1, 0.15) is 66.2 Å². The molecule has 2 heteroatoms. The molecular formula is C20H32O2. The number of allylic oxidation sites excluding steroid dienone is 4. The predicted octanol–water partition coefficient (Wildman–Crippen LogP) is 5.60. The van der Waals surface area contributed by atoms with E-state index < -0.39 is 0 Å². The minimum atomic E-state index is -0.105. The van der Waals surface area contributed by atoms with Crippen LogP contribution in [0.15, 0.2) is 35.5 Å². The Bertz CT molecular complexity index is 443. The van der Waals surface area contributed by atoms with Gasteiger partial charge in [-0.25, -0.2) is 0 Å². The smallest absolute Gasteiger partial charge is 0.308 e. The van der Waals surface area contributed by atoms with Crippen LogP contribution in [-0.4, -0.2) is 12.6 Å². The summed E-state index contributed by atoms with van der Waals surface area (Å²) in [6.45, 7) is 12.9. The van der Waals surface area contributed by atoms with E-state index in [4.69, 9.17) is 4.74 Å². The van der Waals surface area contributed by atoms with Crippen LogP contribution < -0.4 is 0 Å². The molecule has 1 aliphatic carbocycles. The predicted molar refractivity (Wildman–Crippen MR) is 93.6 cm³/mol. The highest BCUT2D eigenvalue weighted by molar-refractivity contribution is 5.72. The number of ether oxygens (including phenoxy) is 1. The molecule has 0 aromatic rings. The first kappa shape index (κ1) is 18.7. The minimum Gasteiger partial charge on any atom is -0.461 e. The fourth-order valence-electron chi connectivity index (χ4n) is 2.57. The topological polar surface area (TPSA) is 26.3 Å². The van der Waals surface area contributed by atoms with Crippen LogP contribution in [0.2, 0.25) is 0 Å². The number of rotatable bonds is 5. The summed E-state index contributed by atoms with van der Waals surface area (Å²) in [6, 6.07) is 0. The lowest BCUT2D eigenvalue weighted by Gasteiger charge is -2.20. The van der Waals surface area contributed by atoms with Crippen molar-refractivity contribution in [2.45, 2.75) is 66.2 Å². The average molecular weight is 304 g/mol.